The average molecular weight is 492 g/mol. The van der Waals surface area contributed by atoms with Gasteiger partial charge < -0.3 is 15.4 Å². The molecule has 1 unspecified atom stereocenters. The first-order valence-corrected chi connectivity index (χ1v) is 9.77. The van der Waals surface area contributed by atoms with Gasteiger partial charge in [-0.3, -0.25) is 14.6 Å². The molecule has 0 aromatic carbocycles. The molecule has 0 aliphatic carbocycles. The minimum atomic E-state index is 0. The molecule has 0 spiro atoms. The zero-order valence-electron chi connectivity index (χ0n) is 17.5. The summed E-state index contributed by atoms with van der Waals surface area (Å²) in [6, 6.07) is 2.11. The average Bonchev–Trinajstić information content (AvgIpc) is 2.91. The largest absolute Gasteiger partial charge is 0.374 e. The van der Waals surface area contributed by atoms with E-state index in [1.807, 2.05) is 14.0 Å². The summed E-state index contributed by atoms with van der Waals surface area (Å²) in [7, 11) is 1.81. The second kappa shape index (κ2) is 12.6. The van der Waals surface area contributed by atoms with Crippen LogP contribution < -0.4 is 10.6 Å². The number of halogens is 1. The number of ether oxygens (including phenoxy) is 1. The van der Waals surface area contributed by atoms with Gasteiger partial charge in [0.15, 0.2) is 5.96 Å². The quantitative estimate of drug-likeness (QED) is 0.252. The Kier molecular flexibility index (Phi) is 11.2. The predicted octanol–water partition coefficient (Wildman–Crippen LogP) is 2.03. The van der Waals surface area contributed by atoms with Crippen molar-refractivity contribution < 1.29 is 4.74 Å². The molecule has 2 N–H and O–H groups in total. The standard InChI is InChI=1S/C19H36N6O.HI/c1-15(2)13-24-9-10-26-18(14-24)12-22-19(20-5)21-7-6-8-25-17(4)11-16(3)23-25;/h11,15,18H,6-10,12-14H2,1-5H3,(H2,20,21,22);1H. The summed E-state index contributed by atoms with van der Waals surface area (Å²) in [4.78, 5) is 6.80. The van der Waals surface area contributed by atoms with E-state index in [0.717, 1.165) is 63.9 Å². The van der Waals surface area contributed by atoms with E-state index < -0.39 is 0 Å². The van der Waals surface area contributed by atoms with Gasteiger partial charge in [0.1, 0.15) is 0 Å². The Hall–Kier alpha value is -0.870. The summed E-state index contributed by atoms with van der Waals surface area (Å²) in [5.41, 5.74) is 2.29. The maximum atomic E-state index is 5.89. The molecular formula is C19H37IN6O. The van der Waals surface area contributed by atoms with Gasteiger partial charge in [0, 0.05) is 52.0 Å². The Morgan fingerprint density at radius 3 is 2.78 bits per heavy atom. The normalized spacial score (nSPS) is 18.4. The zero-order chi connectivity index (χ0) is 18.9. The van der Waals surface area contributed by atoms with Crippen LogP contribution in [0.25, 0.3) is 0 Å². The van der Waals surface area contributed by atoms with Crippen molar-refractivity contribution in [3.8, 4) is 0 Å². The van der Waals surface area contributed by atoms with Gasteiger partial charge in [-0.1, -0.05) is 13.8 Å². The van der Waals surface area contributed by atoms with Crippen molar-refractivity contribution in [2.24, 2.45) is 10.9 Å². The van der Waals surface area contributed by atoms with Gasteiger partial charge >= 0.3 is 0 Å². The lowest BCUT2D eigenvalue weighted by molar-refractivity contribution is -0.0284. The molecule has 7 nitrogen and oxygen atoms in total. The monoisotopic (exact) mass is 492 g/mol. The lowest BCUT2D eigenvalue weighted by Gasteiger charge is -2.34. The molecule has 1 aliphatic rings. The number of aryl methyl sites for hydroxylation is 3. The van der Waals surface area contributed by atoms with Gasteiger partial charge in [0.2, 0.25) is 0 Å². The van der Waals surface area contributed by atoms with Gasteiger partial charge in [-0.15, -0.1) is 24.0 Å². The fraction of sp³-hybridized carbons (Fsp3) is 0.789. The lowest BCUT2D eigenvalue weighted by atomic mass is 10.2. The third-order valence-corrected chi connectivity index (χ3v) is 4.51. The second-order valence-corrected chi connectivity index (χ2v) is 7.53. The van der Waals surface area contributed by atoms with Crippen LogP contribution in [-0.4, -0.2) is 73.1 Å². The van der Waals surface area contributed by atoms with Crippen molar-refractivity contribution in [3.05, 3.63) is 17.5 Å². The predicted molar refractivity (Wildman–Crippen MR) is 122 cm³/mol. The molecule has 1 atom stereocenters. The minimum absolute atomic E-state index is 0. The van der Waals surface area contributed by atoms with Crippen LogP contribution in [0.15, 0.2) is 11.1 Å². The van der Waals surface area contributed by atoms with E-state index in [2.05, 4.69) is 57.1 Å². The second-order valence-electron chi connectivity index (χ2n) is 7.53. The molecule has 1 fully saturated rings. The molecular weight excluding hydrogens is 455 g/mol. The number of nitrogens with one attached hydrogen (secondary N) is 2. The van der Waals surface area contributed by atoms with Crippen LogP contribution in [0, 0.1) is 19.8 Å². The first kappa shape index (κ1) is 24.2. The van der Waals surface area contributed by atoms with E-state index in [1.54, 1.807) is 0 Å². The van der Waals surface area contributed by atoms with Crippen LogP contribution in [-0.2, 0) is 11.3 Å². The maximum absolute atomic E-state index is 5.89. The van der Waals surface area contributed by atoms with Crippen molar-refractivity contribution in [1.82, 2.24) is 25.3 Å². The van der Waals surface area contributed by atoms with E-state index in [0.29, 0.717) is 5.92 Å². The summed E-state index contributed by atoms with van der Waals surface area (Å²) in [6.45, 7) is 15.2. The highest BCUT2D eigenvalue weighted by Gasteiger charge is 2.20. The van der Waals surface area contributed by atoms with Crippen LogP contribution in [0.4, 0.5) is 0 Å². The Morgan fingerprint density at radius 2 is 2.15 bits per heavy atom. The topological polar surface area (TPSA) is 66.7 Å². The number of aliphatic imine (C=N–C) groups is 1. The van der Waals surface area contributed by atoms with Crippen molar-refractivity contribution in [2.75, 3.05) is 46.4 Å². The highest BCUT2D eigenvalue weighted by molar-refractivity contribution is 14.0. The third kappa shape index (κ3) is 8.78. The van der Waals surface area contributed by atoms with E-state index in [-0.39, 0.29) is 30.1 Å². The molecule has 1 aromatic rings. The lowest BCUT2D eigenvalue weighted by Crippen LogP contribution is -2.50. The van der Waals surface area contributed by atoms with Crippen LogP contribution in [0.1, 0.15) is 31.7 Å². The van der Waals surface area contributed by atoms with Crippen LogP contribution in [0.3, 0.4) is 0 Å². The number of hydrogen-bond donors (Lipinski definition) is 2. The Labute approximate surface area is 181 Å². The molecule has 0 amide bonds. The molecule has 1 aromatic heterocycles. The van der Waals surface area contributed by atoms with Crippen LogP contribution in [0.5, 0.6) is 0 Å². The Bertz CT molecular complexity index is 575. The van der Waals surface area contributed by atoms with E-state index in [9.17, 15) is 0 Å². The Morgan fingerprint density at radius 1 is 1.37 bits per heavy atom. The zero-order valence-corrected chi connectivity index (χ0v) is 19.8. The molecule has 0 bridgehead atoms. The molecule has 2 heterocycles. The number of rotatable bonds is 8. The summed E-state index contributed by atoms with van der Waals surface area (Å²) in [6.07, 6.45) is 1.22. The van der Waals surface area contributed by atoms with Crippen molar-refractivity contribution in [2.45, 2.75) is 46.8 Å². The van der Waals surface area contributed by atoms with Gasteiger partial charge in [-0.2, -0.15) is 5.10 Å². The molecule has 1 aliphatic heterocycles. The highest BCUT2D eigenvalue weighted by Crippen LogP contribution is 2.07. The van der Waals surface area contributed by atoms with Crippen molar-refractivity contribution >= 4 is 29.9 Å². The number of nitrogens with zero attached hydrogens (tertiary/aromatic N) is 4. The van der Waals surface area contributed by atoms with E-state index in [1.165, 1.54) is 5.69 Å². The maximum Gasteiger partial charge on any atom is 0.191 e. The van der Waals surface area contributed by atoms with Crippen LogP contribution in [0.2, 0.25) is 0 Å². The van der Waals surface area contributed by atoms with Gasteiger partial charge in [-0.05, 0) is 32.3 Å². The van der Waals surface area contributed by atoms with Gasteiger partial charge in [0.25, 0.3) is 0 Å². The Balaban J connectivity index is 0.00000364. The molecule has 1 saturated heterocycles. The fourth-order valence-electron chi connectivity index (χ4n) is 3.35. The molecule has 8 heteroatoms. The minimum Gasteiger partial charge on any atom is -0.374 e. The molecule has 0 saturated carbocycles. The summed E-state index contributed by atoms with van der Waals surface area (Å²) < 4.78 is 7.95. The summed E-state index contributed by atoms with van der Waals surface area (Å²) >= 11 is 0. The SMILES string of the molecule is CN=C(NCCCn1nc(C)cc1C)NCC1CN(CC(C)C)CCO1.I. The highest BCUT2D eigenvalue weighted by atomic mass is 127. The number of hydrogen-bond acceptors (Lipinski definition) is 4. The number of aromatic nitrogens is 2. The molecule has 2 rings (SSSR count). The molecule has 27 heavy (non-hydrogen) atoms. The van der Waals surface area contributed by atoms with Crippen LogP contribution >= 0.6 is 24.0 Å². The van der Waals surface area contributed by atoms with Gasteiger partial charge in [0.05, 0.1) is 18.4 Å². The first-order valence-electron chi connectivity index (χ1n) is 9.77. The third-order valence-electron chi connectivity index (χ3n) is 4.51. The van der Waals surface area contributed by atoms with E-state index in [4.69, 9.17) is 4.74 Å². The van der Waals surface area contributed by atoms with Gasteiger partial charge in [-0.25, -0.2) is 0 Å². The summed E-state index contributed by atoms with van der Waals surface area (Å²) in [5, 5.41) is 11.3. The molecule has 0 radical (unpaired) electrons. The fourth-order valence-corrected chi connectivity index (χ4v) is 3.35. The number of guanidine groups is 1. The van der Waals surface area contributed by atoms with Crippen molar-refractivity contribution in [3.63, 3.8) is 0 Å². The van der Waals surface area contributed by atoms with Crippen molar-refractivity contribution in [1.29, 1.82) is 0 Å². The summed E-state index contributed by atoms with van der Waals surface area (Å²) in [5.74, 6) is 1.53. The number of morpholine rings is 1. The van der Waals surface area contributed by atoms with E-state index >= 15 is 0 Å². The first-order chi connectivity index (χ1) is 12.5. The molecule has 156 valence electrons. The smallest absolute Gasteiger partial charge is 0.191 e.